The van der Waals surface area contributed by atoms with Crippen LogP contribution in [0.25, 0.3) is 16.7 Å². The molecule has 0 aliphatic heterocycles. The molecule has 28 heavy (non-hydrogen) atoms. The number of aromatic nitrogens is 3. The molecule has 2 aromatic heterocycles. The average molecular weight is 382 g/mol. The molecule has 1 N–H and O–H groups in total. The molecular formula is C21H26N4O3. The maximum absolute atomic E-state index is 12.5. The number of aryl methyl sites for hydroxylation is 1. The summed E-state index contributed by atoms with van der Waals surface area (Å²) in [5, 5.41) is 3.43. The Morgan fingerprint density at radius 3 is 2.54 bits per heavy atom. The number of nitrogens with one attached hydrogen (secondary N) is 1. The molecule has 2 heterocycles. The predicted molar refractivity (Wildman–Crippen MR) is 111 cm³/mol. The van der Waals surface area contributed by atoms with Crippen molar-refractivity contribution >= 4 is 22.8 Å². The van der Waals surface area contributed by atoms with Crippen molar-refractivity contribution in [1.82, 2.24) is 14.5 Å². The van der Waals surface area contributed by atoms with E-state index in [1.807, 2.05) is 13.8 Å². The minimum atomic E-state index is -0.595. The van der Waals surface area contributed by atoms with Crippen LogP contribution in [0.2, 0.25) is 0 Å². The van der Waals surface area contributed by atoms with Gasteiger partial charge in [0.05, 0.1) is 5.69 Å². The first kappa shape index (κ1) is 21.1. The third-order valence-electron chi connectivity index (χ3n) is 3.50. The van der Waals surface area contributed by atoms with Gasteiger partial charge in [0.1, 0.15) is 11.4 Å². The number of benzene rings is 1. The summed E-state index contributed by atoms with van der Waals surface area (Å²) < 4.78 is 6.75. The van der Waals surface area contributed by atoms with Gasteiger partial charge in [0.25, 0.3) is 5.56 Å². The number of fused-ring (bicyclic) bond motifs is 1. The van der Waals surface area contributed by atoms with E-state index in [-0.39, 0.29) is 5.56 Å². The lowest BCUT2D eigenvalue weighted by Gasteiger charge is -2.20. The Bertz CT molecular complexity index is 1040. The van der Waals surface area contributed by atoms with Crippen LogP contribution in [0.15, 0.2) is 47.4 Å². The molecule has 148 valence electrons. The highest BCUT2D eigenvalue weighted by atomic mass is 16.6. The molecule has 0 saturated heterocycles. The topological polar surface area (TPSA) is 86.1 Å². The summed E-state index contributed by atoms with van der Waals surface area (Å²) in [6, 6.07) is 10.1. The van der Waals surface area contributed by atoms with Crippen LogP contribution >= 0.6 is 0 Å². The van der Waals surface area contributed by atoms with Gasteiger partial charge in [0.15, 0.2) is 5.65 Å². The molecular weight excluding hydrogens is 356 g/mol. The van der Waals surface area contributed by atoms with Gasteiger partial charge in [-0.3, -0.25) is 14.7 Å². The number of hydrogen-bond donors (Lipinski definition) is 1. The quantitative estimate of drug-likeness (QED) is 0.707. The predicted octanol–water partition coefficient (Wildman–Crippen LogP) is 4.46. The number of anilines is 1. The van der Waals surface area contributed by atoms with Gasteiger partial charge in [-0.15, -0.1) is 0 Å². The van der Waals surface area contributed by atoms with Gasteiger partial charge in [-0.1, -0.05) is 19.9 Å². The molecule has 3 rings (SSSR count). The third-order valence-corrected chi connectivity index (χ3v) is 3.50. The van der Waals surface area contributed by atoms with Crippen LogP contribution in [0.1, 0.15) is 40.4 Å². The third kappa shape index (κ3) is 5.16. The van der Waals surface area contributed by atoms with Gasteiger partial charge in [-0.2, -0.15) is 0 Å². The summed E-state index contributed by atoms with van der Waals surface area (Å²) in [7, 11) is 0. The average Bonchev–Trinajstić information content (AvgIpc) is 2.61. The molecule has 1 amide bonds. The molecule has 0 spiro atoms. The molecule has 0 atom stereocenters. The second-order valence-corrected chi connectivity index (χ2v) is 6.88. The number of carbonyl (C=O) groups excluding carboxylic acids is 1. The highest BCUT2D eigenvalue weighted by molar-refractivity contribution is 5.85. The van der Waals surface area contributed by atoms with Crippen LogP contribution < -0.4 is 10.9 Å². The van der Waals surface area contributed by atoms with Crippen molar-refractivity contribution in [1.29, 1.82) is 0 Å². The van der Waals surface area contributed by atoms with E-state index >= 15 is 0 Å². The van der Waals surface area contributed by atoms with Gasteiger partial charge >= 0.3 is 6.09 Å². The van der Waals surface area contributed by atoms with E-state index < -0.39 is 11.7 Å². The van der Waals surface area contributed by atoms with Crippen molar-refractivity contribution in [2.45, 2.75) is 47.1 Å². The molecule has 3 aromatic rings. The zero-order valence-corrected chi connectivity index (χ0v) is 17.1. The fourth-order valence-corrected chi connectivity index (χ4v) is 2.50. The van der Waals surface area contributed by atoms with Gasteiger partial charge in [0, 0.05) is 23.3 Å². The Kier molecular flexibility index (Phi) is 6.51. The minimum absolute atomic E-state index is 0.218. The largest absolute Gasteiger partial charge is 0.444 e. The fraction of sp³-hybridized carbons (Fsp3) is 0.333. The summed E-state index contributed by atoms with van der Waals surface area (Å²) in [5.41, 5.74) is 0.811. The number of hydrogen-bond acceptors (Lipinski definition) is 5. The molecule has 0 bridgehead atoms. The van der Waals surface area contributed by atoms with Crippen molar-refractivity contribution in [2.75, 3.05) is 5.32 Å². The molecule has 0 aliphatic carbocycles. The summed E-state index contributed by atoms with van der Waals surface area (Å²) in [6.07, 6.45) is 1.12. The number of rotatable bonds is 2. The van der Waals surface area contributed by atoms with Crippen LogP contribution in [0.4, 0.5) is 10.5 Å². The molecule has 0 aliphatic rings. The zero-order chi connectivity index (χ0) is 20.9. The van der Waals surface area contributed by atoms with E-state index in [1.54, 1.807) is 64.2 Å². The lowest BCUT2D eigenvalue weighted by Crippen LogP contribution is -2.27. The molecule has 1 aromatic carbocycles. The van der Waals surface area contributed by atoms with Gasteiger partial charge in [-0.25, -0.2) is 14.8 Å². The van der Waals surface area contributed by atoms with Gasteiger partial charge in [-0.05, 0) is 52.0 Å². The number of carbonyl (C=O) groups is 1. The lowest BCUT2D eigenvalue weighted by molar-refractivity contribution is 0.0636. The smallest absolute Gasteiger partial charge is 0.412 e. The van der Waals surface area contributed by atoms with Crippen molar-refractivity contribution in [3.05, 3.63) is 58.8 Å². The summed E-state index contributed by atoms with van der Waals surface area (Å²) in [5.74, 6) is 0.569. The van der Waals surface area contributed by atoms with Gasteiger partial charge < -0.3 is 4.74 Å². The monoisotopic (exact) mass is 382 g/mol. The van der Waals surface area contributed by atoms with E-state index in [4.69, 9.17) is 4.74 Å². The Morgan fingerprint density at radius 2 is 1.86 bits per heavy atom. The normalized spacial score (nSPS) is 10.8. The molecule has 7 heteroatoms. The molecule has 0 radical (unpaired) electrons. The van der Waals surface area contributed by atoms with Crippen molar-refractivity contribution < 1.29 is 9.53 Å². The van der Waals surface area contributed by atoms with Crippen LogP contribution in [0.3, 0.4) is 0 Å². The fourth-order valence-electron chi connectivity index (χ4n) is 2.50. The van der Waals surface area contributed by atoms with E-state index in [9.17, 15) is 9.59 Å². The number of nitrogens with zero attached hydrogens (tertiary/aromatic N) is 3. The Hall–Kier alpha value is -3.22. The summed E-state index contributed by atoms with van der Waals surface area (Å²) in [6.45, 7) is 11.1. The van der Waals surface area contributed by atoms with Gasteiger partial charge in [0.2, 0.25) is 0 Å². The highest BCUT2D eigenvalue weighted by Crippen LogP contribution is 2.18. The SMILES string of the molecule is CC.Cc1ncc2ccc(=O)n(-c3cccc(NC(=O)OC(C)(C)C)c3)c2n1. The minimum Gasteiger partial charge on any atom is -0.444 e. The van der Waals surface area contributed by atoms with Crippen LogP contribution in [-0.4, -0.2) is 26.2 Å². The highest BCUT2D eigenvalue weighted by Gasteiger charge is 2.16. The van der Waals surface area contributed by atoms with E-state index in [0.29, 0.717) is 22.8 Å². The van der Waals surface area contributed by atoms with E-state index in [0.717, 1.165) is 5.39 Å². The van der Waals surface area contributed by atoms with Crippen LogP contribution in [0, 0.1) is 6.92 Å². The number of pyridine rings is 1. The molecule has 7 nitrogen and oxygen atoms in total. The molecule has 0 unspecified atom stereocenters. The second-order valence-electron chi connectivity index (χ2n) is 6.88. The van der Waals surface area contributed by atoms with E-state index in [1.165, 1.54) is 10.6 Å². The Balaban J connectivity index is 0.00000136. The zero-order valence-electron chi connectivity index (χ0n) is 17.1. The maximum Gasteiger partial charge on any atom is 0.412 e. The number of amides is 1. The van der Waals surface area contributed by atoms with E-state index in [2.05, 4.69) is 15.3 Å². The molecule has 0 saturated carbocycles. The Morgan fingerprint density at radius 1 is 1.14 bits per heavy atom. The van der Waals surface area contributed by atoms with Crippen LogP contribution in [0.5, 0.6) is 0 Å². The number of ether oxygens (including phenoxy) is 1. The van der Waals surface area contributed by atoms with Crippen molar-refractivity contribution in [3.8, 4) is 5.69 Å². The lowest BCUT2D eigenvalue weighted by atomic mass is 10.2. The van der Waals surface area contributed by atoms with Crippen molar-refractivity contribution in [2.24, 2.45) is 0 Å². The summed E-state index contributed by atoms with van der Waals surface area (Å²) >= 11 is 0. The standard InChI is InChI=1S/C19H20N4O3.C2H6/c1-12-20-11-13-8-9-16(24)23(17(13)21-12)15-7-5-6-14(10-15)22-18(25)26-19(2,3)4;1-2/h5-11H,1-4H3,(H,22,25);1-2H3. The maximum atomic E-state index is 12.5. The Labute approximate surface area is 164 Å². The summed E-state index contributed by atoms with van der Waals surface area (Å²) in [4.78, 5) is 33.0. The molecule has 0 fully saturated rings. The first-order chi connectivity index (χ1) is 13.2. The second kappa shape index (κ2) is 8.65. The van der Waals surface area contributed by atoms with Crippen molar-refractivity contribution in [3.63, 3.8) is 0 Å². The first-order valence-corrected chi connectivity index (χ1v) is 9.19. The van der Waals surface area contributed by atoms with Crippen LogP contribution in [-0.2, 0) is 4.74 Å². The first-order valence-electron chi connectivity index (χ1n) is 9.19.